The Hall–Kier alpha value is -3.21. The summed E-state index contributed by atoms with van der Waals surface area (Å²) < 4.78 is 1.81. The second kappa shape index (κ2) is 7.78. The van der Waals surface area contributed by atoms with E-state index >= 15 is 0 Å². The van der Waals surface area contributed by atoms with Crippen LogP contribution in [-0.4, -0.2) is 18.4 Å². The van der Waals surface area contributed by atoms with Crippen LogP contribution in [0, 0.1) is 13.8 Å². The topological polar surface area (TPSA) is 62.1 Å². The number of rotatable bonds is 5. The minimum atomic E-state index is -0.240. The summed E-state index contributed by atoms with van der Waals surface area (Å²) in [7, 11) is 0. The fourth-order valence-electron chi connectivity index (χ4n) is 2.76. The second-order valence-electron chi connectivity index (χ2n) is 6.32. The molecule has 2 aromatic carbocycles. The summed E-state index contributed by atoms with van der Waals surface area (Å²) in [5.74, 6) is -0.447. The normalized spacial score (nSPS) is 10.5. The molecule has 0 spiro atoms. The number of aromatic nitrogens is 1. The number of nitrogens with zero attached hydrogens (tertiary/aromatic N) is 1. The zero-order chi connectivity index (χ0) is 18.5. The molecule has 26 heavy (non-hydrogen) atoms. The third-order valence-electron chi connectivity index (χ3n) is 4.40. The van der Waals surface area contributed by atoms with Gasteiger partial charge in [0.25, 0.3) is 5.91 Å². The van der Waals surface area contributed by atoms with Gasteiger partial charge in [-0.25, -0.2) is 0 Å². The fraction of sp³-hybridized carbons (Fsp3) is 0.190. The Bertz CT molecular complexity index is 966. The first kappa shape index (κ1) is 17.6. The molecule has 0 unspecified atom stereocenters. The number of aryl methyl sites for hydroxylation is 1. The van der Waals surface area contributed by atoms with Crippen molar-refractivity contribution >= 4 is 28.3 Å². The molecule has 0 fully saturated rings. The lowest BCUT2D eigenvalue weighted by molar-refractivity contribution is -0.683. The van der Waals surface area contributed by atoms with Crippen molar-refractivity contribution in [3.8, 4) is 0 Å². The average molecular weight is 348 g/mol. The van der Waals surface area contributed by atoms with Crippen LogP contribution in [0.2, 0.25) is 0 Å². The minimum absolute atomic E-state index is 0.0552. The van der Waals surface area contributed by atoms with Crippen LogP contribution in [0.3, 0.4) is 0 Å². The predicted octanol–water partition coefficient (Wildman–Crippen LogP) is 2.50. The van der Waals surface area contributed by atoms with Crippen LogP contribution in [0.25, 0.3) is 10.8 Å². The second-order valence-corrected chi connectivity index (χ2v) is 6.32. The van der Waals surface area contributed by atoms with Gasteiger partial charge in [-0.1, -0.05) is 30.3 Å². The molecule has 0 aliphatic rings. The molecule has 0 saturated carbocycles. The Kier molecular flexibility index (Phi) is 5.27. The molecule has 132 valence electrons. The van der Waals surface area contributed by atoms with Crippen LogP contribution in [0.1, 0.15) is 11.1 Å². The van der Waals surface area contributed by atoms with Gasteiger partial charge in [0.15, 0.2) is 12.4 Å². The highest BCUT2D eigenvalue weighted by Gasteiger charge is 2.12. The van der Waals surface area contributed by atoms with E-state index < -0.39 is 0 Å². The largest absolute Gasteiger partial charge is 0.342 e. The number of nitrogens with one attached hydrogen (secondary N) is 2. The van der Waals surface area contributed by atoms with Crippen molar-refractivity contribution in [2.75, 3.05) is 11.9 Å². The molecular formula is C21H22N3O2+. The molecule has 0 aliphatic heterocycles. The van der Waals surface area contributed by atoms with Crippen LogP contribution in [-0.2, 0) is 16.1 Å². The number of hydrogen-bond donors (Lipinski definition) is 2. The van der Waals surface area contributed by atoms with Gasteiger partial charge in [0.05, 0.1) is 6.54 Å². The first-order valence-corrected chi connectivity index (χ1v) is 8.53. The van der Waals surface area contributed by atoms with Gasteiger partial charge in [0, 0.05) is 17.1 Å². The molecule has 5 heteroatoms. The highest BCUT2D eigenvalue weighted by molar-refractivity contribution is 5.95. The number of carbonyl (C=O) groups is 2. The number of anilines is 1. The van der Waals surface area contributed by atoms with Crippen molar-refractivity contribution < 1.29 is 14.2 Å². The van der Waals surface area contributed by atoms with Gasteiger partial charge < -0.3 is 10.6 Å². The first-order chi connectivity index (χ1) is 12.5. The van der Waals surface area contributed by atoms with E-state index in [4.69, 9.17) is 0 Å². The van der Waals surface area contributed by atoms with E-state index in [9.17, 15) is 9.59 Å². The molecule has 3 aromatic rings. The quantitative estimate of drug-likeness (QED) is 0.696. The molecule has 1 heterocycles. The average Bonchev–Trinajstić information content (AvgIpc) is 2.64. The maximum Gasteiger partial charge on any atom is 0.286 e. The van der Waals surface area contributed by atoms with Crippen molar-refractivity contribution in [1.29, 1.82) is 0 Å². The molecule has 1 aromatic heterocycles. The molecule has 0 radical (unpaired) electrons. The monoisotopic (exact) mass is 348 g/mol. The van der Waals surface area contributed by atoms with Crippen molar-refractivity contribution in [2.45, 2.75) is 20.4 Å². The highest BCUT2D eigenvalue weighted by Crippen LogP contribution is 2.17. The zero-order valence-corrected chi connectivity index (χ0v) is 15.0. The molecule has 0 saturated heterocycles. The fourth-order valence-corrected chi connectivity index (χ4v) is 2.76. The van der Waals surface area contributed by atoms with Crippen molar-refractivity contribution in [3.63, 3.8) is 0 Å². The SMILES string of the molecule is Cc1cccc(NC(=O)CNC(=O)C[n+]2ccc3ccccc3c2)c1C. The van der Waals surface area contributed by atoms with E-state index in [1.54, 1.807) is 4.57 Å². The number of carbonyl (C=O) groups excluding carboxylic acids is 2. The van der Waals surface area contributed by atoms with Crippen LogP contribution in [0.4, 0.5) is 5.69 Å². The summed E-state index contributed by atoms with van der Waals surface area (Å²) in [5, 5.41) is 7.68. The van der Waals surface area contributed by atoms with Crippen molar-refractivity contribution in [2.24, 2.45) is 0 Å². The van der Waals surface area contributed by atoms with Gasteiger partial charge >= 0.3 is 0 Å². The Morgan fingerprint density at radius 1 is 0.923 bits per heavy atom. The Morgan fingerprint density at radius 3 is 2.50 bits per heavy atom. The molecule has 0 aliphatic carbocycles. The molecule has 0 bridgehead atoms. The van der Waals surface area contributed by atoms with E-state index in [0.29, 0.717) is 0 Å². The Labute approximate surface area is 152 Å². The van der Waals surface area contributed by atoms with Crippen LogP contribution < -0.4 is 15.2 Å². The first-order valence-electron chi connectivity index (χ1n) is 8.53. The Balaban J connectivity index is 1.54. The maximum absolute atomic E-state index is 12.1. The molecule has 5 nitrogen and oxygen atoms in total. The van der Waals surface area contributed by atoms with Gasteiger partial charge in [-0.05, 0) is 42.5 Å². The summed E-state index contributed by atoms with van der Waals surface area (Å²) >= 11 is 0. The van der Waals surface area contributed by atoms with Gasteiger partial charge in [-0.15, -0.1) is 0 Å². The summed E-state index contributed by atoms with van der Waals surface area (Å²) in [6.07, 6.45) is 3.78. The minimum Gasteiger partial charge on any atom is -0.342 e. The van der Waals surface area contributed by atoms with E-state index in [1.165, 1.54) is 0 Å². The van der Waals surface area contributed by atoms with Gasteiger partial charge in [0.1, 0.15) is 0 Å². The van der Waals surface area contributed by atoms with Crippen molar-refractivity contribution in [1.82, 2.24) is 5.32 Å². The zero-order valence-electron chi connectivity index (χ0n) is 15.0. The predicted molar refractivity (Wildman–Crippen MR) is 102 cm³/mol. The van der Waals surface area contributed by atoms with Crippen LogP contribution in [0.15, 0.2) is 60.9 Å². The molecule has 2 N–H and O–H groups in total. The van der Waals surface area contributed by atoms with Gasteiger partial charge in [-0.2, -0.15) is 4.57 Å². The lowest BCUT2D eigenvalue weighted by atomic mass is 10.1. The van der Waals surface area contributed by atoms with Gasteiger partial charge in [0.2, 0.25) is 12.5 Å². The molecule has 0 atom stereocenters. The third-order valence-corrected chi connectivity index (χ3v) is 4.40. The third kappa shape index (κ3) is 4.25. The molecule has 3 rings (SSSR count). The van der Waals surface area contributed by atoms with Crippen molar-refractivity contribution in [3.05, 3.63) is 72.1 Å². The van der Waals surface area contributed by atoms with E-state index in [-0.39, 0.29) is 24.9 Å². The smallest absolute Gasteiger partial charge is 0.286 e. The van der Waals surface area contributed by atoms with E-state index in [2.05, 4.69) is 10.6 Å². The number of amides is 2. The number of hydrogen-bond acceptors (Lipinski definition) is 2. The lowest BCUT2D eigenvalue weighted by Gasteiger charge is -2.10. The highest BCUT2D eigenvalue weighted by atomic mass is 16.2. The maximum atomic E-state index is 12.1. The van der Waals surface area contributed by atoms with Gasteiger partial charge in [-0.3, -0.25) is 9.59 Å². The lowest BCUT2D eigenvalue weighted by Crippen LogP contribution is -2.44. The Morgan fingerprint density at radius 2 is 1.69 bits per heavy atom. The van der Waals surface area contributed by atoms with Crippen LogP contribution >= 0.6 is 0 Å². The molecule has 2 amide bonds. The summed E-state index contributed by atoms with van der Waals surface area (Å²) in [6.45, 7) is 4.06. The number of fused-ring (bicyclic) bond motifs is 1. The van der Waals surface area contributed by atoms with E-state index in [0.717, 1.165) is 27.6 Å². The summed E-state index contributed by atoms with van der Waals surface area (Å²) in [5.41, 5.74) is 2.91. The summed E-state index contributed by atoms with van der Waals surface area (Å²) in [6, 6.07) is 15.7. The molecular weight excluding hydrogens is 326 g/mol. The number of benzene rings is 2. The van der Waals surface area contributed by atoms with Crippen LogP contribution in [0.5, 0.6) is 0 Å². The standard InChI is InChI=1S/C21H21N3O2/c1-15-6-5-9-19(16(15)2)23-20(25)12-22-21(26)14-24-11-10-17-7-3-4-8-18(17)13-24/h3-11,13H,12,14H2,1-2H3,(H-,22,23,25,26)/p+1. The summed E-state index contributed by atoms with van der Waals surface area (Å²) in [4.78, 5) is 24.2. The number of pyridine rings is 1. The van der Waals surface area contributed by atoms with E-state index in [1.807, 2.05) is 74.8 Å².